The highest BCUT2D eigenvalue weighted by atomic mass is 79.9. The highest BCUT2D eigenvalue weighted by molar-refractivity contribution is 9.10. The Hall–Kier alpha value is -1.14. The topological polar surface area (TPSA) is 55.0 Å². The molecule has 2 aromatic heterocycles. The largest absolute Gasteiger partial charge is 0.383 e. The number of nitrogens with zero attached hydrogens (tertiary/aromatic N) is 3. The molecule has 0 saturated heterocycles. The van der Waals surface area contributed by atoms with Crippen molar-refractivity contribution in [3.63, 3.8) is 0 Å². The fourth-order valence-electron chi connectivity index (χ4n) is 2.37. The van der Waals surface area contributed by atoms with Crippen molar-refractivity contribution in [3.8, 4) is 0 Å². The maximum atomic E-state index is 5.82. The van der Waals surface area contributed by atoms with Crippen LogP contribution in [0.5, 0.6) is 0 Å². The molecule has 0 aliphatic carbocycles. The highest BCUT2D eigenvalue weighted by Crippen LogP contribution is 2.38. The van der Waals surface area contributed by atoms with Crippen molar-refractivity contribution in [1.29, 1.82) is 0 Å². The minimum absolute atomic E-state index is 0.325. The Labute approximate surface area is 118 Å². The van der Waals surface area contributed by atoms with E-state index >= 15 is 0 Å². The third kappa shape index (κ3) is 1.80. The molecule has 3 heterocycles. The minimum Gasteiger partial charge on any atom is -0.383 e. The van der Waals surface area contributed by atoms with Crippen LogP contribution >= 0.6 is 27.3 Å². The second-order valence-corrected chi connectivity index (χ2v) is 6.11. The zero-order chi connectivity index (χ0) is 12.7. The van der Waals surface area contributed by atoms with Crippen LogP contribution in [0.4, 0.5) is 11.6 Å². The van der Waals surface area contributed by atoms with Crippen LogP contribution in [0.3, 0.4) is 0 Å². The number of nitrogens with two attached hydrogens (primary N) is 1. The van der Waals surface area contributed by atoms with Crippen molar-refractivity contribution in [2.24, 2.45) is 0 Å². The summed E-state index contributed by atoms with van der Waals surface area (Å²) in [5.41, 5.74) is 7.22. The Balaban J connectivity index is 2.02. The molecule has 0 amide bonds. The van der Waals surface area contributed by atoms with Crippen molar-refractivity contribution >= 4 is 38.9 Å². The fraction of sp³-hybridized carbons (Fsp3) is 0.333. The summed E-state index contributed by atoms with van der Waals surface area (Å²) in [6.07, 6.45) is 2.58. The van der Waals surface area contributed by atoms with E-state index in [1.54, 1.807) is 0 Å². The number of aromatic nitrogens is 2. The Morgan fingerprint density at radius 2 is 2.33 bits per heavy atom. The first-order valence-electron chi connectivity index (χ1n) is 5.77. The molecule has 18 heavy (non-hydrogen) atoms. The molecule has 0 aromatic carbocycles. The minimum atomic E-state index is 0.325. The summed E-state index contributed by atoms with van der Waals surface area (Å²) >= 11 is 5.32. The van der Waals surface area contributed by atoms with Crippen molar-refractivity contribution < 1.29 is 0 Å². The summed E-state index contributed by atoms with van der Waals surface area (Å²) in [4.78, 5) is 12.1. The summed E-state index contributed by atoms with van der Waals surface area (Å²) in [5.74, 6) is 1.37. The molecular formula is C12H13BrN4S. The average molecular weight is 325 g/mol. The molecule has 2 aromatic rings. The van der Waals surface area contributed by atoms with Gasteiger partial charge in [0.2, 0.25) is 0 Å². The Bertz CT molecular complexity index is 583. The normalized spacial score (nSPS) is 18.8. The van der Waals surface area contributed by atoms with Gasteiger partial charge in [0, 0.05) is 11.4 Å². The zero-order valence-electron chi connectivity index (χ0n) is 9.93. The summed E-state index contributed by atoms with van der Waals surface area (Å²) in [6, 6.07) is 2.53. The number of fused-ring (bicyclic) bond motifs is 1. The van der Waals surface area contributed by atoms with Crippen LogP contribution in [0.15, 0.2) is 22.2 Å². The van der Waals surface area contributed by atoms with E-state index in [1.807, 2.05) is 11.3 Å². The van der Waals surface area contributed by atoms with Crippen LogP contribution in [0.1, 0.15) is 23.4 Å². The van der Waals surface area contributed by atoms with Crippen molar-refractivity contribution in [2.45, 2.75) is 19.4 Å². The standard InChI is InChI=1S/C12H13BrN4S/c1-7-8-3-5-18-9(8)2-4-17(7)12-10(13)11(14)15-6-16-12/h3,5-7H,2,4H2,1H3,(H2,14,15,16). The molecule has 1 aliphatic rings. The molecule has 94 valence electrons. The van der Waals surface area contributed by atoms with E-state index in [0.717, 1.165) is 23.3 Å². The number of anilines is 2. The van der Waals surface area contributed by atoms with Crippen molar-refractivity contribution in [3.05, 3.63) is 32.7 Å². The van der Waals surface area contributed by atoms with Crippen LogP contribution in [-0.4, -0.2) is 16.5 Å². The van der Waals surface area contributed by atoms with Gasteiger partial charge < -0.3 is 10.6 Å². The quantitative estimate of drug-likeness (QED) is 0.876. The van der Waals surface area contributed by atoms with Gasteiger partial charge in [0.1, 0.15) is 22.4 Å². The summed E-state index contributed by atoms with van der Waals surface area (Å²) in [5, 5.41) is 2.16. The predicted molar refractivity (Wildman–Crippen MR) is 77.9 cm³/mol. The van der Waals surface area contributed by atoms with Gasteiger partial charge in [-0.2, -0.15) is 0 Å². The molecule has 0 spiro atoms. The molecule has 4 nitrogen and oxygen atoms in total. The van der Waals surface area contributed by atoms with E-state index in [-0.39, 0.29) is 0 Å². The molecule has 0 radical (unpaired) electrons. The molecular weight excluding hydrogens is 312 g/mol. The van der Waals surface area contributed by atoms with Crippen molar-refractivity contribution in [1.82, 2.24) is 9.97 Å². The van der Waals surface area contributed by atoms with Crippen LogP contribution in [0, 0.1) is 0 Å². The molecule has 1 atom stereocenters. The van der Waals surface area contributed by atoms with Crippen LogP contribution in [0.2, 0.25) is 0 Å². The third-order valence-electron chi connectivity index (χ3n) is 3.35. The zero-order valence-corrected chi connectivity index (χ0v) is 12.3. The van der Waals surface area contributed by atoms with E-state index in [9.17, 15) is 0 Å². The lowest BCUT2D eigenvalue weighted by Gasteiger charge is -2.35. The maximum Gasteiger partial charge on any atom is 0.149 e. The van der Waals surface area contributed by atoms with E-state index < -0.39 is 0 Å². The first-order chi connectivity index (χ1) is 8.68. The van der Waals surface area contributed by atoms with Crippen molar-refractivity contribution in [2.75, 3.05) is 17.2 Å². The molecule has 2 N–H and O–H groups in total. The predicted octanol–water partition coefficient (Wildman–Crippen LogP) is 3.01. The lowest BCUT2D eigenvalue weighted by Crippen LogP contribution is -2.34. The van der Waals surface area contributed by atoms with Gasteiger partial charge in [-0.3, -0.25) is 0 Å². The van der Waals surface area contributed by atoms with Gasteiger partial charge in [0.05, 0.1) is 6.04 Å². The molecule has 0 saturated carbocycles. The molecule has 6 heteroatoms. The number of thiophene rings is 1. The Morgan fingerprint density at radius 3 is 3.17 bits per heavy atom. The fourth-order valence-corrected chi connectivity index (χ4v) is 3.77. The van der Waals surface area contributed by atoms with Gasteiger partial charge in [0.15, 0.2) is 0 Å². The number of nitrogen functional groups attached to an aromatic ring is 1. The first-order valence-corrected chi connectivity index (χ1v) is 7.44. The van der Waals surface area contributed by atoms with E-state index in [2.05, 4.69) is 49.2 Å². The smallest absolute Gasteiger partial charge is 0.149 e. The Kier molecular flexibility index (Phi) is 2.99. The van der Waals surface area contributed by atoms with Gasteiger partial charge in [-0.05, 0) is 46.3 Å². The number of hydrogen-bond donors (Lipinski definition) is 1. The second-order valence-electron chi connectivity index (χ2n) is 4.31. The van der Waals surface area contributed by atoms with Crippen LogP contribution in [-0.2, 0) is 6.42 Å². The van der Waals surface area contributed by atoms with Gasteiger partial charge in [-0.25, -0.2) is 9.97 Å². The molecule has 0 bridgehead atoms. The highest BCUT2D eigenvalue weighted by Gasteiger charge is 2.27. The lowest BCUT2D eigenvalue weighted by atomic mass is 10.0. The molecule has 1 unspecified atom stereocenters. The third-order valence-corrected chi connectivity index (χ3v) is 5.10. The average Bonchev–Trinajstić information content (AvgIpc) is 2.83. The lowest BCUT2D eigenvalue weighted by molar-refractivity contribution is 0.623. The van der Waals surface area contributed by atoms with E-state index in [0.29, 0.717) is 11.9 Å². The van der Waals surface area contributed by atoms with Gasteiger partial charge in [-0.15, -0.1) is 11.3 Å². The number of halogens is 1. The summed E-state index contributed by atoms with van der Waals surface area (Å²) < 4.78 is 0.788. The molecule has 0 fully saturated rings. The van der Waals surface area contributed by atoms with E-state index in [1.165, 1.54) is 16.8 Å². The summed E-state index contributed by atoms with van der Waals surface area (Å²) in [7, 11) is 0. The molecule has 1 aliphatic heterocycles. The SMILES string of the molecule is CC1c2ccsc2CCN1c1ncnc(N)c1Br. The molecule has 3 rings (SSSR count). The van der Waals surface area contributed by atoms with E-state index in [4.69, 9.17) is 5.73 Å². The van der Waals surface area contributed by atoms with Crippen LogP contribution < -0.4 is 10.6 Å². The van der Waals surface area contributed by atoms with Crippen LogP contribution in [0.25, 0.3) is 0 Å². The van der Waals surface area contributed by atoms with Gasteiger partial charge in [0.25, 0.3) is 0 Å². The van der Waals surface area contributed by atoms with Gasteiger partial charge >= 0.3 is 0 Å². The Morgan fingerprint density at radius 1 is 1.50 bits per heavy atom. The monoisotopic (exact) mass is 324 g/mol. The van der Waals surface area contributed by atoms with Gasteiger partial charge in [-0.1, -0.05) is 0 Å². The summed E-state index contributed by atoms with van der Waals surface area (Å²) in [6.45, 7) is 3.17. The first kappa shape index (κ1) is 11.9. The maximum absolute atomic E-state index is 5.82. The number of rotatable bonds is 1. The second kappa shape index (κ2) is 4.51. The number of hydrogen-bond acceptors (Lipinski definition) is 5.